The van der Waals surface area contributed by atoms with Gasteiger partial charge in [-0.05, 0) is 55.7 Å². The highest BCUT2D eigenvalue weighted by Crippen LogP contribution is 2.20. The highest BCUT2D eigenvalue weighted by Gasteiger charge is 2.21. The van der Waals surface area contributed by atoms with E-state index < -0.39 is 6.10 Å². The zero-order chi connectivity index (χ0) is 20.5. The van der Waals surface area contributed by atoms with Crippen LogP contribution in [0, 0.1) is 13.8 Å². The normalized spacial score (nSPS) is 11.6. The summed E-state index contributed by atoms with van der Waals surface area (Å²) in [5.41, 5.74) is 2.99. The number of amides is 2. The summed E-state index contributed by atoms with van der Waals surface area (Å²) >= 11 is 0. The molecule has 0 aromatic heterocycles. The number of aryl methyl sites for hydroxylation is 2. The number of benzene rings is 2. The molecular formula is C22H28N2O4. The summed E-state index contributed by atoms with van der Waals surface area (Å²) in [5, 5.41) is 5.59. The van der Waals surface area contributed by atoms with Crippen LogP contribution in [0.15, 0.2) is 42.5 Å². The lowest BCUT2D eigenvalue weighted by Gasteiger charge is -2.19. The second-order valence-corrected chi connectivity index (χ2v) is 6.62. The first-order chi connectivity index (χ1) is 13.4. The van der Waals surface area contributed by atoms with Crippen molar-refractivity contribution in [1.82, 2.24) is 5.32 Å². The number of ether oxygens (including phenoxy) is 2. The molecule has 0 radical (unpaired) electrons. The van der Waals surface area contributed by atoms with Crippen LogP contribution in [0.3, 0.4) is 0 Å². The van der Waals surface area contributed by atoms with Crippen LogP contribution in [0.5, 0.6) is 5.75 Å². The van der Waals surface area contributed by atoms with Crippen LogP contribution in [0.2, 0.25) is 0 Å². The number of para-hydroxylation sites is 1. The summed E-state index contributed by atoms with van der Waals surface area (Å²) in [5.74, 6) is 0.0973. The summed E-state index contributed by atoms with van der Waals surface area (Å²) in [6.45, 7) is 6.67. The molecule has 28 heavy (non-hydrogen) atoms. The van der Waals surface area contributed by atoms with E-state index in [9.17, 15) is 9.59 Å². The molecule has 0 unspecified atom stereocenters. The first kappa shape index (κ1) is 21.4. The smallest absolute Gasteiger partial charge is 0.265 e. The Hall–Kier alpha value is -2.86. The number of nitrogens with one attached hydrogen (secondary N) is 2. The maximum atomic E-state index is 12.8. The Kier molecular flexibility index (Phi) is 8.02. The van der Waals surface area contributed by atoms with Crippen LogP contribution in [0.1, 0.15) is 34.8 Å². The van der Waals surface area contributed by atoms with Crippen molar-refractivity contribution in [2.75, 3.05) is 25.6 Å². The number of anilines is 1. The van der Waals surface area contributed by atoms with Gasteiger partial charge in [0.2, 0.25) is 0 Å². The molecule has 0 heterocycles. The lowest BCUT2D eigenvalue weighted by molar-refractivity contribution is -0.122. The summed E-state index contributed by atoms with van der Waals surface area (Å²) in [6.07, 6.45) is -0.160. The van der Waals surface area contributed by atoms with Crippen molar-refractivity contribution in [2.24, 2.45) is 0 Å². The van der Waals surface area contributed by atoms with E-state index >= 15 is 0 Å². The Balaban J connectivity index is 2.11. The number of carbonyl (C=O) groups is 2. The van der Waals surface area contributed by atoms with Gasteiger partial charge in [-0.2, -0.15) is 0 Å². The van der Waals surface area contributed by atoms with Gasteiger partial charge in [-0.25, -0.2) is 0 Å². The third-order valence-corrected chi connectivity index (χ3v) is 4.16. The quantitative estimate of drug-likeness (QED) is 0.649. The van der Waals surface area contributed by atoms with Crippen molar-refractivity contribution in [2.45, 2.75) is 33.3 Å². The summed E-state index contributed by atoms with van der Waals surface area (Å²) in [6, 6.07) is 12.8. The SMILES string of the molecule is CC[C@H](Oc1cc(C)cc(C)c1)C(=O)Nc1ccccc1C(=O)NCCOC. The van der Waals surface area contributed by atoms with Gasteiger partial charge in [0.05, 0.1) is 17.9 Å². The minimum atomic E-state index is -0.661. The van der Waals surface area contributed by atoms with Gasteiger partial charge in [-0.3, -0.25) is 9.59 Å². The molecule has 6 heteroatoms. The van der Waals surface area contributed by atoms with E-state index in [1.165, 1.54) is 0 Å². The van der Waals surface area contributed by atoms with Crippen molar-refractivity contribution in [1.29, 1.82) is 0 Å². The molecule has 0 saturated carbocycles. The Morgan fingerprint density at radius 2 is 1.75 bits per heavy atom. The van der Waals surface area contributed by atoms with E-state index in [-0.39, 0.29) is 11.8 Å². The number of hydrogen-bond acceptors (Lipinski definition) is 4. The van der Waals surface area contributed by atoms with Crippen LogP contribution in [0.4, 0.5) is 5.69 Å². The molecule has 150 valence electrons. The van der Waals surface area contributed by atoms with Gasteiger partial charge in [0, 0.05) is 13.7 Å². The van der Waals surface area contributed by atoms with Gasteiger partial charge in [0.25, 0.3) is 11.8 Å². The molecule has 1 atom stereocenters. The van der Waals surface area contributed by atoms with Crippen molar-refractivity contribution >= 4 is 17.5 Å². The first-order valence-electron chi connectivity index (χ1n) is 9.36. The number of carbonyl (C=O) groups excluding carboxylic acids is 2. The van der Waals surface area contributed by atoms with E-state index in [0.717, 1.165) is 11.1 Å². The minimum Gasteiger partial charge on any atom is -0.481 e. The third kappa shape index (κ3) is 6.09. The van der Waals surface area contributed by atoms with E-state index in [1.807, 2.05) is 39.0 Å². The topological polar surface area (TPSA) is 76.7 Å². The zero-order valence-corrected chi connectivity index (χ0v) is 16.9. The molecule has 0 fully saturated rings. The molecule has 2 aromatic carbocycles. The van der Waals surface area contributed by atoms with Crippen molar-refractivity contribution in [3.8, 4) is 5.75 Å². The first-order valence-corrected chi connectivity index (χ1v) is 9.36. The predicted molar refractivity (Wildman–Crippen MR) is 110 cm³/mol. The van der Waals surface area contributed by atoms with Crippen molar-refractivity contribution in [3.63, 3.8) is 0 Å². The molecule has 0 aliphatic rings. The van der Waals surface area contributed by atoms with Crippen molar-refractivity contribution in [3.05, 3.63) is 59.2 Å². The number of rotatable bonds is 9. The maximum absolute atomic E-state index is 12.8. The van der Waals surface area contributed by atoms with E-state index in [1.54, 1.807) is 31.4 Å². The molecule has 0 aliphatic heterocycles. The fourth-order valence-electron chi connectivity index (χ4n) is 2.85. The largest absolute Gasteiger partial charge is 0.481 e. The van der Waals surface area contributed by atoms with Gasteiger partial charge >= 0.3 is 0 Å². The summed E-state index contributed by atoms with van der Waals surface area (Å²) < 4.78 is 10.9. The average molecular weight is 384 g/mol. The van der Waals surface area contributed by atoms with E-state index in [4.69, 9.17) is 9.47 Å². The molecule has 0 spiro atoms. The highest BCUT2D eigenvalue weighted by molar-refractivity contribution is 6.04. The third-order valence-electron chi connectivity index (χ3n) is 4.16. The fourth-order valence-corrected chi connectivity index (χ4v) is 2.85. The second kappa shape index (κ2) is 10.5. The number of hydrogen-bond donors (Lipinski definition) is 2. The van der Waals surface area contributed by atoms with Crippen LogP contribution < -0.4 is 15.4 Å². The van der Waals surface area contributed by atoms with Crippen LogP contribution in [-0.4, -0.2) is 38.2 Å². The number of methoxy groups -OCH3 is 1. The Morgan fingerprint density at radius 1 is 1.07 bits per heavy atom. The van der Waals surface area contributed by atoms with Crippen LogP contribution >= 0.6 is 0 Å². The van der Waals surface area contributed by atoms with Crippen LogP contribution in [0.25, 0.3) is 0 Å². The second-order valence-electron chi connectivity index (χ2n) is 6.62. The van der Waals surface area contributed by atoms with Gasteiger partial charge in [-0.15, -0.1) is 0 Å². The molecule has 6 nitrogen and oxygen atoms in total. The van der Waals surface area contributed by atoms with E-state index in [0.29, 0.717) is 36.6 Å². The average Bonchev–Trinajstić information content (AvgIpc) is 2.65. The molecule has 2 N–H and O–H groups in total. The maximum Gasteiger partial charge on any atom is 0.265 e. The predicted octanol–water partition coefficient (Wildman–Crippen LogP) is 3.48. The van der Waals surface area contributed by atoms with E-state index in [2.05, 4.69) is 10.6 Å². The van der Waals surface area contributed by atoms with Gasteiger partial charge in [0.15, 0.2) is 6.10 Å². The minimum absolute atomic E-state index is 0.267. The molecule has 0 aliphatic carbocycles. The molecule has 2 amide bonds. The molecule has 2 rings (SSSR count). The monoisotopic (exact) mass is 384 g/mol. The van der Waals surface area contributed by atoms with Crippen LogP contribution in [-0.2, 0) is 9.53 Å². The molecule has 0 bridgehead atoms. The van der Waals surface area contributed by atoms with Gasteiger partial charge in [-0.1, -0.05) is 25.1 Å². The molecular weight excluding hydrogens is 356 g/mol. The molecule has 2 aromatic rings. The lowest BCUT2D eigenvalue weighted by atomic mass is 10.1. The summed E-state index contributed by atoms with van der Waals surface area (Å²) in [4.78, 5) is 25.1. The van der Waals surface area contributed by atoms with Gasteiger partial charge < -0.3 is 20.1 Å². The Bertz CT molecular complexity index is 800. The summed E-state index contributed by atoms with van der Waals surface area (Å²) in [7, 11) is 1.57. The Morgan fingerprint density at radius 3 is 2.39 bits per heavy atom. The lowest BCUT2D eigenvalue weighted by Crippen LogP contribution is -2.34. The Labute approximate surface area is 166 Å². The standard InChI is InChI=1S/C22H28N2O4/c1-5-20(28-17-13-15(2)12-16(3)14-17)22(26)24-19-9-7-6-8-18(19)21(25)23-10-11-27-4/h6-9,12-14,20H,5,10-11H2,1-4H3,(H,23,25)(H,24,26)/t20-/m0/s1. The molecule has 0 saturated heterocycles. The highest BCUT2D eigenvalue weighted by atomic mass is 16.5. The fraction of sp³-hybridized carbons (Fsp3) is 0.364. The van der Waals surface area contributed by atoms with Crippen molar-refractivity contribution < 1.29 is 19.1 Å². The zero-order valence-electron chi connectivity index (χ0n) is 16.9. The van der Waals surface area contributed by atoms with Gasteiger partial charge in [0.1, 0.15) is 5.75 Å².